The van der Waals surface area contributed by atoms with E-state index in [-0.39, 0.29) is 0 Å². The van der Waals surface area contributed by atoms with Gasteiger partial charge in [0, 0.05) is 23.3 Å². The average Bonchev–Trinajstić information content (AvgIpc) is 2.65. The maximum atomic E-state index is 6.05. The summed E-state index contributed by atoms with van der Waals surface area (Å²) in [6, 6.07) is 6.89. The van der Waals surface area contributed by atoms with Gasteiger partial charge in [-0.1, -0.05) is 11.6 Å². The zero-order valence-electron chi connectivity index (χ0n) is 9.32. The Hall–Kier alpha value is -0.730. The van der Waals surface area contributed by atoms with Gasteiger partial charge in [-0.25, -0.2) is 0 Å². The molecule has 2 N–H and O–H groups in total. The number of piperidine rings is 1. The Kier molecular flexibility index (Phi) is 2.56. The second kappa shape index (κ2) is 3.94. The first kappa shape index (κ1) is 10.4. The molecule has 0 spiro atoms. The summed E-state index contributed by atoms with van der Waals surface area (Å²) in [5.74, 6) is 0.653. The molecule has 0 aromatic heterocycles. The van der Waals surface area contributed by atoms with E-state index in [0.29, 0.717) is 12.0 Å². The summed E-state index contributed by atoms with van der Waals surface area (Å²) in [5, 5.41) is 0.850. The van der Waals surface area contributed by atoms with E-state index in [1.165, 1.54) is 30.6 Å². The molecule has 0 saturated carbocycles. The molecule has 2 nitrogen and oxygen atoms in total. The summed E-state index contributed by atoms with van der Waals surface area (Å²) in [7, 11) is 0. The van der Waals surface area contributed by atoms with E-state index >= 15 is 0 Å². The van der Waals surface area contributed by atoms with E-state index < -0.39 is 0 Å². The van der Waals surface area contributed by atoms with Gasteiger partial charge in [-0.3, -0.25) is 0 Å². The van der Waals surface area contributed by atoms with E-state index in [1.54, 1.807) is 0 Å². The second-order valence-corrected chi connectivity index (χ2v) is 5.31. The molecule has 2 unspecified atom stereocenters. The number of nitrogens with zero attached hydrogens (tertiary/aromatic N) is 1. The number of anilines is 1. The van der Waals surface area contributed by atoms with Gasteiger partial charge in [0.1, 0.15) is 0 Å². The molecule has 1 fully saturated rings. The zero-order valence-corrected chi connectivity index (χ0v) is 10.1. The molecule has 1 aromatic rings. The second-order valence-electron chi connectivity index (χ2n) is 4.88. The first-order valence-electron chi connectivity index (χ1n) is 6.04. The molecular formula is C13H17ClN2. The van der Waals surface area contributed by atoms with Gasteiger partial charge in [-0.15, -0.1) is 0 Å². The predicted molar refractivity (Wildman–Crippen MR) is 68.1 cm³/mol. The van der Waals surface area contributed by atoms with Gasteiger partial charge in [0.05, 0.1) is 0 Å². The molecule has 16 heavy (non-hydrogen) atoms. The van der Waals surface area contributed by atoms with Gasteiger partial charge >= 0.3 is 0 Å². The summed E-state index contributed by atoms with van der Waals surface area (Å²) in [6.07, 6.45) is 3.66. The lowest BCUT2D eigenvalue weighted by Crippen LogP contribution is -2.45. The van der Waals surface area contributed by atoms with Gasteiger partial charge in [0.15, 0.2) is 0 Å². The Balaban J connectivity index is 1.96. The van der Waals surface area contributed by atoms with Crippen molar-refractivity contribution in [1.29, 1.82) is 0 Å². The smallest absolute Gasteiger partial charge is 0.0410 e. The lowest BCUT2D eigenvalue weighted by atomic mass is 9.89. The van der Waals surface area contributed by atoms with Crippen LogP contribution in [0.3, 0.4) is 0 Å². The quantitative estimate of drug-likeness (QED) is 0.812. The molecule has 2 aliphatic rings. The maximum Gasteiger partial charge on any atom is 0.0410 e. The van der Waals surface area contributed by atoms with Crippen molar-refractivity contribution in [3.05, 3.63) is 28.8 Å². The van der Waals surface area contributed by atoms with Crippen LogP contribution in [0.25, 0.3) is 0 Å². The number of hydrogen-bond acceptors (Lipinski definition) is 2. The molecule has 3 rings (SSSR count). The zero-order chi connectivity index (χ0) is 11.1. The van der Waals surface area contributed by atoms with E-state index in [4.69, 9.17) is 17.3 Å². The van der Waals surface area contributed by atoms with Crippen LogP contribution < -0.4 is 10.6 Å². The molecule has 2 atom stereocenters. The fourth-order valence-electron chi connectivity index (χ4n) is 3.21. The third-order valence-electron chi connectivity index (χ3n) is 4.00. The minimum atomic E-state index is 0.618. The third-order valence-corrected chi connectivity index (χ3v) is 4.24. The van der Waals surface area contributed by atoms with E-state index in [0.717, 1.165) is 18.0 Å². The highest BCUT2D eigenvalue weighted by Crippen LogP contribution is 2.40. The average molecular weight is 237 g/mol. The number of fused-ring (bicyclic) bond motifs is 3. The van der Waals surface area contributed by atoms with Gasteiger partial charge in [-0.2, -0.15) is 0 Å². The lowest BCUT2D eigenvalue weighted by molar-refractivity contribution is 0.339. The van der Waals surface area contributed by atoms with Crippen LogP contribution in [0.5, 0.6) is 0 Å². The van der Waals surface area contributed by atoms with Crippen LogP contribution in [-0.2, 0) is 6.42 Å². The summed E-state index contributed by atoms with van der Waals surface area (Å²) in [6.45, 7) is 1.98. The Labute approximate surface area is 101 Å². The van der Waals surface area contributed by atoms with E-state index in [9.17, 15) is 0 Å². The topological polar surface area (TPSA) is 29.3 Å². The summed E-state index contributed by atoms with van der Waals surface area (Å²) in [4.78, 5) is 2.53. The largest absolute Gasteiger partial charge is 0.368 e. The molecule has 0 aliphatic carbocycles. The highest BCUT2D eigenvalue weighted by Gasteiger charge is 2.36. The predicted octanol–water partition coefficient (Wildman–Crippen LogP) is 2.44. The number of nitrogens with two attached hydrogens (primary N) is 1. The third kappa shape index (κ3) is 1.52. The van der Waals surface area contributed by atoms with Crippen LogP contribution in [0.15, 0.2) is 18.2 Å². The van der Waals surface area contributed by atoms with E-state index in [1.807, 2.05) is 6.07 Å². The van der Waals surface area contributed by atoms with Crippen molar-refractivity contribution < 1.29 is 0 Å². The van der Waals surface area contributed by atoms with Crippen LogP contribution in [0.1, 0.15) is 18.4 Å². The van der Waals surface area contributed by atoms with Gasteiger partial charge in [-0.05, 0) is 55.5 Å². The fourth-order valence-corrected chi connectivity index (χ4v) is 3.41. The molecule has 2 heterocycles. The van der Waals surface area contributed by atoms with Crippen molar-refractivity contribution >= 4 is 17.3 Å². The van der Waals surface area contributed by atoms with Gasteiger partial charge in [0.2, 0.25) is 0 Å². The normalized spacial score (nSPS) is 27.8. The number of benzene rings is 1. The van der Waals surface area contributed by atoms with Crippen molar-refractivity contribution in [3.8, 4) is 0 Å². The monoisotopic (exact) mass is 236 g/mol. The molecule has 86 valence electrons. The van der Waals surface area contributed by atoms with Crippen molar-refractivity contribution in [1.82, 2.24) is 0 Å². The molecule has 1 aromatic carbocycles. The van der Waals surface area contributed by atoms with Gasteiger partial charge < -0.3 is 10.6 Å². The Bertz CT molecular complexity index is 405. The Morgan fingerprint density at radius 1 is 1.44 bits per heavy atom. The Morgan fingerprint density at radius 3 is 3.12 bits per heavy atom. The van der Waals surface area contributed by atoms with Crippen molar-refractivity contribution in [2.24, 2.45) is 11.7 Å². The SMILES string of the molecule is NCC1CCCN2c3ccc(Cl)cc3CC12. The van der Waals surface area contributed by atoms with E-state index in [2.05, 4.69) is 17.0 Å². The van der Waals surface area contributed by atoms with Gasteiger partial charge in [0.25, 0.3) is 0 Å². The minimum Gasteiger partial charge on any atom is -0.368 e. The fraction of sp³-hybridized carbons (Fsp3) is 0.538. The molecule has 0 bridgehead atoms. The van der Waals surface area contributed by atoms with Crippen molar-refractivity contribution in [2.45, 2.75) is 25.3 Å². The standard InChI is InChI=1S/C13H17ClN2/c14-11-3-4-12-10(6-11)7-13-9(8-15)2-1-5-16(12)13/h3-4,6,9,13H,1-2,5,7-8,15H2. The number of rotatable bonds is 1. The van der Waals surface area contributed by atoms with Crippen LogP contribution in [0.2, 0.25) is 5.02 Å². The Morgan fingerprint density at radius 2 is 2.31 bits per heavy atom. The van der Waals surface area contributed by atoms with Crippen LogP contribution in [0, 0.1) is 5.92 Å². The molecular weight excluding hydrogens is 220 g/mol. The highest BCUT2D eigenvalue weighted by molar-refractivity contribution is 6.30. The van der Waals surface area contributed by atoms with Crippen LogP contribution in [0.4, 0.5) is 5.69 Å². The van der Waals surface area contributed by atoms with Crippen molar-refractivity contribution in [2.75, 3.05) is 18.0 Å². The first-order chi connectivity index (χ1) is 7.79. The molecule has 0 amide bonds. The summed E-state index contributed by atoms with van der Waals surface area (Å²) < 4.78 is 0. The molecule has 1 saturated heterocycles. The summed E-state index contributed by atoms with van der Waals surface area (Å²) in [5.41, 5.74) is 8.65. The molecule has 0 radical (unpaired) electrons. The highest BCUT2D eigenvalue weighted by atomic mass is 35.5. The number of hydrogen-bond donors (Lipinski definition) is 1. The first-order valence-corrected chi connectivity index (χ1v) is 6.42. The minimum absolute atomic E-state index is 0.618. The number of halogens is 1. The summed E-state index contributed by atoms with van der Waals surface area (Å²) >= 11 is 6.05. The van der Waals surface area contributed by atoms with Crippen molar-refractivity contribution in [3.63, 3.8) is 0 Å². The maximum absolute atomic E-state index is 6.05. The van der Waals surface area contributed by atoms with Crippen LogP contribution >= 0.6 is 11.6 Å². The van der Waals surface area contributed by atoms with Crippen LogP contribution in [-0.4, -0.2) is 19.1 Å². The molecule has 3 heteroatoms. The molecule has 2 aliphatic heterocycles. The lowest BCUT2D eigenvalue weighted by Gasteiger charge is -2.38.